The van der Waals surface area contributed by atoms with E-state index in [0.29, 0.717) is 13.0 Å². The van der Waals surface area contributed by atoms with Gasteiger partial charge in [0.15, 0.2) is 0 Å². The summed E-state index contributed by atoms with van der Waals surface area (Å²) in [5.41, 5.74) is 3.84. The van der Waals surface area contributed by atoms with Crippen LogP contribution in [0.15, 0.2) is 48.8 Å². The molecule has 3 nitrogen and oxygen atoms in total. The SMILES string of the molecule is CC(C)(C)c1ccc(CCC(=O)NCCc2cccnc2)cc1. The van der Waals surface area contributed by atoms with E-state index in [9.17, 15) is 4.79 Å². The maximum Gasteiger partial charge on any atom is 0.220 e. The molecule has 0 saturated carbocycles. The van der Waals surface area contributed by atoms with Gasteiger partial charge in [-0.2, -0.15) is 0 Å². The Morgan fingerprint density at radius 2 is 1.78 bits per heavy atom. The number of aryl methyl sites for hydroxylation is 1. The van der Waals surface area contributed by atoms with E-state index in [2.05, 4.69) is 55.3 Å². The van der Waals surface area contributed by atoms with Crippen LogP contribution in [0.4, 0.5) is 0 Å². The number of hydrogen-bond donors (Lipinski definition) is 1. The van der Waals surface area contributed by atoms with Crippen molar-refractivity contribution in [1.29, 1.82) is 0 Å². The van der Waals surface area contributed by atoms with Crippen LogP contribution in [0.3, 0.4) is 0 Å². The highest BCUT2D eigenvalue weighted by molar-refractivity contribution is 5.76. The van der Waals surface area contributed by atoms with E-state index in [1.54, 1.807) is 6.20 Å². The first kappa shape index (κ1) is 17.2. The zero-order valence-corrected chi connectivity index (χ0v) is 14.3. The van der Waals surface area contributed by atoms with Gasteiger partial charge in [-0.05, 0) is 41.0 Å². The highest BCUT2D eigenvalue weighted by Crippen LogP contribution is 2.22. The van der Waals surface area contributed by atoms with Gasteiger partial charge in [0, 0.05) is 25.4 Å². The third kappa shape index (κ3) is 5.85. The van der Waals surface area contributed by atoms with Crippen molar-refractivity contribution in [3.63, 3.8) is 0 Å². The minimum Gasteiger partial charge on any atom is -0.356 e. The minimum absolute atomic E-state index is 0.105. The quantitative estimate of drug-likeness (QED) is 0.884. The zero-order chi connectivity index (χ0) is 16.7. The molecule has 0 atom stereocenters. The summed E-state index contributed by atoms with van der Waals surface area (Å²) in [4.78, 5) is 16.0. The van der Waals surface area contributed by atoms with Crippen LogP contribution < -0.4 is 5.32 Å². The largest absolute Gasteiger partial charge is 0.356 e. The molecule has 1 aromatic heterocycles. The summed E-state index contributed by atoms with van der Waals surface area (Å²) in [5.74, 6) is 0.105. The first-order valence-corrected chi connectivity index (χ1v) is 8.20. The molecular formula is C20H26N2O. The Labute approximate surface area is 139 Å². The first-order valence-electron chi connectivity index (χ1n) is 8.20. The van der Waals surface area contributed by atoms with Crippen molar-refractivity contribution < 1.29 is 4.79 Å². The molecular weight excluding hydrogens is 284 g/mol. The number of pyridine rings is 1. The second-order valence-corrected chi connectivity index (χ2v) is 6.91. The lowest BCUT2D eigenvalue weighted by atomic mass is 9.86. The van der Waals surface area contributed by atoms with E-state index >= 15 is 0 Å². The van der Waals surface area contributed by atoms with Crippen molar-refractivity contribution in [2.45, 2.75) is 45.4 Å². The van der Waals surface area contributed by atoms with Crippen molar-refractivity contribution in [1.82, 2.24) is 10.3 Å². The van der Waals surface area contributed by atoms with Crippen LogP contribution in [-0.2, 0) is 23.1 Å². The molecule has 1 aromatic carbocycles. The smallest absolute Gasteiger partial charge is 0.220 e. The van der Waals surface area contributed by atoms with Gasteiger partial charge >= 0.3 is 0 Å². The molecule has 0 spiro atoms. The van der Waals surface area contributed by atoms with Crippen molar-refractivity contribution >= 4 is 5.91 Å². The van der Waals surface area contributed by atoms with Gasteiger partial charge in [-0.1, -0.05) is 51.1 Å². The molecule has 23 heavy (non-hydrogen) atoms. The predicted octanol–water partition coefficient (Wildman–Crippen LogP) is 3.67. The number of amides is 1. The van der Waals surface area contributed by atoms with Gasteiger partial charge in [0.25, 0.3) is 0 Å². The maximum absolute atomic E-state index is 11.9. The van der Waals surface area contributed by atoms with Gasteiger partial charge in [-0.3, -0.25) is 9.78 Å². The number of hydrogen-bond acceptors (Lipinski definition) is 2. The van der Waals surface area contributed by atoms with Crippen LogP contribution in [0, 0.1) is 0 Å². The molecule has 1 amide bonds. The van der Waals surface area contributed by atoms with E-state index in [0.717, 1.165) is 18.4 Å². The van der Waals surface area contributed by atoms with Gasteiger partial charge in [-0.25, -0.2) is 0 Å². The minimum atomic E-state index is 0.105. The fraction of sp³-hybridized carbons (Fsp3) is 0.400. The number of carbonyl (C=O) groups excluding carboxylic acids is 1. The first-order chi connectivity index (χ1) is 10.9. The van der Waals surface area contributed by atoms with Gasteiger partial charge in [0.1, 0.15) is 0 Å². The molecule has 2 aromatic rings. The number of nitrogens with one attached hydrogen (secondary N) is 1. The van der Waals surface area contributed by atoms with Crippen molar-refractivity contribution in [2.24, 2.45) is 0 Å². The van der Waals surface area contributed by atoms with E-state index in [1.807, 2.05) is 18.3 Å². The third-order valence-electron chi connectivity index (χ3n) is 3.92. The Kier molecular flexibility index (Phi) is 5.91. The van der Waals surface area contributed by atoms with E-state index in [-0.39, 0.29) is 11.3 Å². The van der Waals surface area contributed by atoms with E-state index < -0.39 is 0 Å². The molecule has 2 rings (SSSR count). The summed E-state index contributed by atoms with van der Waals surface area (Å²) in [6, 6.07) is 12.5. The molecule has 1 N–H and O–H groups in total. The standard InChI is InChI=1S/C20H26N2O/c1-20(2,3)18-9-6-16(7-10-18)8-11-19(23)22-14-12-17-5-4-13-21-15-17/h4-7,9-10,13,15H,8,11-12,14H2,1-3H3,(H,22,23). The molecule has 0 aliphatic rings. The van der Waals surface area contributed by atoms with Crippen molar-refractivity contribution in [3.8, 4) is 0 Å². The van der Waals surface area contributed by atoms with E-state index in [1.165, 1.54) is 11.1 Å². The average molecular weight is 310 g/mol. The summed E-state index contributed by atoms with van der Waals surface area (Å²) in [5, 5.41) is 2.97. The van der Waals surface area contributed by atoms with Crippen molar-refractivity contribution in [3.05, 3.63) is 65.5 Å². The molecule has 0 aliphatic carbocycles. The zero-order valence-electron chi connectivity index (χ0n) is 14.3. The van der Waals surface area contributed by atoms with Crippen LogP contribution in [0.2, 0.25) is 0 Å². The van der Waals surface area contributed by atoms with Crippen LogP contribution in [0.25, 0.3) is 0 Å². The lowest BCUT2D eigenvalue weighted by Crippen LogP contribution is -2.25. The van der Waals surface area contributed by atoms with E-state index in [4.69, 9.17) is 0 Å². The lowest BCUT2D eigenvalue weighted by molar-refractivity contribution is -0.121. The Bertz CT molecular complexity index is 612. The van der Waals surface area contributed by atoms with Gasteiger partial charge in [-0.15, -0.1) is 0 Å². The molecule has 0 fully saturated rings. The molecule has 0 saturated heterocycles. The highest BCUT2D eigenvalue weighted by Gasteiger charge is 2.12. The average Bonchev–Trinajstić information content (AvgIpc) is 2.53. The molecule has 122 valence electrons. The fourth-order valence-corrected chi connectivity index (χ4v) is 2.41. The molecule has 1 heterocycles. The number of nitrogens with zero attached hydrogens (tertiary/aromatic N) is 1. The fourth-order valence-electron chi connectivity index (χ4n) is 2.41. The predicted molar refractivity (Wildman–Crippen MR) is 94.4 cm³/mol. The molecule has 0 bridgehead atoms. The number of aromatic nitrogens is 1. The Morgan fingerprint density at radius 3 is 2.39 bits per heavy atom. The van der Waals surface area contributed by atoms with Crippen LogP contribution in [0.1, 0.15) is 43.9 Å². The molecule has 0 radical (unpaired) electrons. The molecule has 0 aliphatic heterocycles. The normalized spacial score (nSPS) is 11.3. The third-order valence-corrected chi connectivity index (χ3v) is 3.92. The number of carbonyl (C=O) groups is 1. The summed E-state index contributed by atoms with van der Waals surface area (Å²) in [6.07, 6.45) is 5.72. The Balaban J connectivity index is 1.72. The summed E-state index contributed by atoms with van der Waals surface area (Å²) in [6.45, 7) is 7.28. The van der Waals surface area contributed by atoms with Gasteiger partial charge < -0.3 is 5.32 Å². The van der Waals surface area contributed by atoms with Crippen LogP contribution >= 0.6 is 0 Å². The van der Waals surface area contributed by atoms with Gasteiger partial charge in [0.2, 0.25) is 5.91 Å². The second kappa shape index (κ2) is 7.91. The van der Waals surface area contributed by atoms with Crippen molar-refractivity contribution in [2.75, 3.05) is 6.54 Å². The highest BCUT2D eigenvalue weighted by atomic mass is 16.1. The number of benzene rings is 1. The molecule has 3 heteroatoms. The van der Waals surface area contributed by atoms with Gasteiger partial charge in [0.05, 0.1) is 0 Å². The topological polar surface area (TPSA) is 42.0 Å². The summed E-state index contributed by atoms with van der Waals surface area (Å²) >= 11 is 0. The second-order valence-electron chi connectivity index (χ2n) is 6.91. The summed E-state index contributed by atoms with van der Waals surface area (Å²) < 4.78 is 0. The monoisotopic (exact) mass is 310 g/mol. The number of rotatable bonds is 6. The van der Waals surface area contributed by atoms with Crippen LogP contribution in [-0.4, -0.2) is 17.4 Å². The lowest BCUT2D eigenvalue weighted by Gasteiger charge is -2.19. The Hall–Kier alpha value is -2.16. The summed E-state index contributed by atoms with van der Waals surface area (Å²) in [7, 11) is 0. The van der Waals surface area contributed by atoms with Crippen LogP contribution in [0.5, 0.6) is 0 Å². The Morgan fingerprint density at radius 1 is 1.04 bits per heavy atom. The molecule has 0 unspecified atom stereocenters. The maximum atomic E-state index is 11.9.